The van der Waals surface area contributed by atoms with Gasteiger partial charge in [-0.15, -0.1) is 0 Å². The van der Waals surface area contributed by atoms with Crippen LogP contribution in [0, 0.1) is 6.92 Å². The van der Waals surface area contributed by atoms with Crippen molar-refractivity contribution >= 4 is 30.8 Å². The average Bonchev–Trinajstić information content (AvgIpc) is 2.30. The van der Waals surface area contributed by atoms with E-state index in [-0.39, 0.29) is 24.6 Å². The molecule has 2 radical (unpaired) electrons. The molecule has 0 atom stereocenters. The van der Waals surface area contributed by atoms with E-state index >= 15 is 0 Å². The van der Waals surface area contributed by atoms with Crippen molar-refractivity contribution in [3.63, 3.8) is 0 Å². The molecule has 0 amide bonds. The van der Waals surface area contributed by atoms with E-state index in [2.05, 4.69) is 4.99 Å². The first kappa shape index (κ1) is 13.6. The van der Waals surface area contributed by atoms with Crippen LogP contribution in [0.1, 0.15) is 11.1 Å². The van der Waals surface area contributed by atoms with Crippen molar-refractivity contribution in [2.45, 2.75) is 6.92 Å². The van der Waals surface area contributed by atoms with Gasteiger partial charge in [0.15, 0.2) is 6.21 Å². The zero-order valence-electron chi connectivity index (χ0n) is 10.1. The first-order valence-corrected chi connectivity index (χ1v) is 5.18. The van der Waals surface area contributed by atoms with E-state index < -0.39 is 0 Å². The van der Waals surface area contributed by atoms with Crippen LogP contribution in [0.25, 0.3) is 0 Å². The van der Waals surface area contributed by atoms with Gasteiger partial charge in [-0.3, -0.25) is 0 Å². The Kier molecular flexibility index (Phi) is 5.02. The number of hydrogen-bond donors (Lipinski definition) is 1. The van der Waals surface area contributed by atoms with Crippen LogP contribution in [0.4, 0.5) is 5.69 Å². The largest absolute Gasteiger partial charge is 1.00 e. The molecule has 0 aliphatic carbocycles. The third-order valence-electron chi connectivity index (χ3n) is 2.36. The molecule has 0 unspecified atom stereocenters. The molecular weight excluding hydrogens is 205 g/mol. The fourth-order valence-electron chi connectivity index (χ4n) is 1.41. The van der Waals surface area contributed by atoms with Gasteiger partial charge in [0.2, 0.25) is 5.69 Å². The summed E-state index contributed by atoms with van der Waals surface area (Å²) in [5, 5.41) is 11.4. The minimum absolute atomic E-state index is 0. The third-order valence-corrected chi connectivity index (χ3v) is 2.36. The molecule has 1 N–H and O–H groups in total. The Morgan fingerprint density at radius 3 is 2.29 bits per heavy atom. The summed E-state index contributed by atoms with van der Waals surface area (Å²) >= 11 is 0. The maximum atomic E-state index is 11.4. The van der Waals surface area contributed by atoms with Gasteiger partial charge in [-0.25, -0.2) is 4.99 Å². The number of para-hydroxylation sites is 1. The topological polar surface area (TPSA) is 37.0 Å². The predicted octanol–water partition coefficient (Wildman–Crippen LogP) is 0.519. The molecule has 82 valence electrons. The smallest absolute Gasteiger partial charge is 0.203 e. The summed E-state index contributed by atoms with van der Waals surface area (Å²) in [6, 6.07) is 15.0. The Morgan fingerprint density at radius 1 is 1.00 bits per heavy atom. The summed E-state index contributed by atoms with van der Waals surface area (Å²) in [6.07, 6.45) is 1.73. The van der Waals surface area contributed by atoms with Crippen molar-refractivity contribution in [2.75, 3.05) is 0 Å². The van der Waals surface area contributed by atoms with Gasteiger partial charge in [0.25, 0.3) is 0 Å². The SMILES string of the molecule is Cc1ccc([NH+]=Cc2ccccc2[O-])cc1.[Li-]. The van der Waals surface area contributed by atoms with Crippen LogP contribution in [0.5, 0.6) is 5.75 Å². The third kappa shape index (κ3) is 3.78. The molecule has 0 spiro atoms. The van der Waals surface area contributed by atoms with Gasteiger partial charge in [0, 0.05) is 17.7 Å². The van der Waals surface area contributed by atoms with E-state index in [1.165, 1.54) is 5.56 Å². The predicted molar refractivity (Wildman–Crippen MR) is 68.6 cm³/mol. The normalized spacial score (nSPS) is 10.2. The van der Waals surface area contributed by atoms with Crippen molar-refractivity contribution in [1.29, 1.82) is 0 Å². The van der Waals surface area contributed by atoms with E-state index in [1.54, 1.807) is 24.4 Å². The van der Waals surface area contributed by atoms with Crippen molar-refractivity contribution in [1.82, 2.24) is 0 Å². The maximum absolute atomic E-state index is 11.4. The summed E-state index contributed by atoms with van der Waals surface area (Å²) in [7, 11) is 0. The first-order chi connectivity index (χ1) is 7.75. The van der Waals surface area contributed by atoms with Gasteiger partial charge in [0.1, 0.15) is 0 Å². The molecule has 0 bridgehead atoms. The molecule has 0 saturated heterocycles. The summed E-state index contributed by atoms with van der Waals surface area (Å²) in [6.45, 7) is 2.04. The Hall–Kier alpha value is -1.49. The zero-order valence-corrected chi connectivity index (χ0v) is 10.1. The summed E-state index contributed by atoms with van der Waals surface area (Å²) in [4.78, 5) is 3.10. The molecule has 0 aliphatic heterocycles. The van der Waals surface area contributed by atoms with Crippen molar-refractivity contribution in [2.24, 2.45) is 0 Å². The van der Waals surface area contributed by atoms with E-state index in [1.807, 2.05) is 37.3 Å². The zero-order chi connectivity index (χ0) is 11.4. The van der Waals surface area contributed by atoms with Gasteiger partial charge >= 0.3 is 0 Å². The van der Waals surface area contributed by atoms with Gasteiger partial charge in [-0.05, 0) is 13.0 Å². The first-order valence-electron chi connectivity index (χ1n) is 5.18. The molecule has 0 saturated carbocycles. The molecule has 2 aromatic rings. The van der Waals surface area contributed by atoms with Gasteiger partial charge in [0.05, 0.1) is 0 Å². The molecule has 17 heavy (non-hydrogen) atoms. The Labute approximate surface area is 113 Å². The van der Waals surface area contributed by atoms with Crippen molar-refractivity contribution in [3.8, 4) is 5.75 Å². The molecule has 0 fully saturated rings. The molecule has 2 rings (SSSR count). The number of rotatable bonds is 2. The number of hydrogen-bond acceptors (Lipinski definition) is 1. The van der Waals surface area contributed by atoms with Crippen LogP contribution < -0.4 is 10.1 Å². The summed E-state index contributed by atoms with van der Waals surface area (Å²) in [5.41, 5.74) is 2.87. The van der Waals surface area contributed by atoms with Crippen LogP contribution in [0.15, 0.2) is 48.5 Å². The number of nitrogens with one attached hydrogen (secondary N) is 1. The molecule has 3 heteroatoms. The van der Waals surface area contributed by atoms with E-state index in [0.717, 1.165) is 5.69 Å². The molecule has 2 aromatic carbocycles. The minimum atomic E-state index is 0. The van der Waals surface area contributed by atoms with Crippen molar-refractivity contribution in [3.05, 3.63) is 59.7 Å². The number of aryl methyl sites for hydroxylation is 1. The Morgan fingerprint density at radius 2 is 1.65 bits per heavy atom. The Bertz CT molecular complexity index is 506. The van der Waals surface area contributed by atoms with Crippen LogP contribution in [0.3, 0.4) is 0 Å². The monoisotopic (exact) mass is 218 g/mol. The van der Waals surface area contributed by atoms with Crippen LogP contribution in [-0.2, 0) is 0 Å². The second-order valence-electron chi connectivity index (χ2n) is 3.69. The Balaban J connectivity index is 0.00000144. The quantitative estimate of drug-likeness (QED) is 0.579. The van der Waals surface area contributed by atoms with E-state index in [0.29, 0.717) is 5.56 Å². The fraction of sp³-hybridized carbons (Fsp3) is 0.0714. The minimum Gasteiger partial charge on any atom is -1.00 e. The van der Waals surface area contributed by atoms with E-state index in [9.17, 15) is 5.11 Å². The van der Waals surface area contributed by atoms with Crippen molar-refractivity contribution < 1.29 is 10.1 Å². The molecule has 0 aromatic heterocycles. The van der Waals surface area contributed by atoms with Gasteiger partial charge in [-0.2, -0.15) is 0 Å². The molecule has 0 heterocycles. The van der Waals surface area contributed by atoms with Crippen LogP contribution in [0.2, 0.25) is 0 Å². The second-order valence-corrected chi connectivity index (χ2v) is 3.69. The fourth-order valence-corrected chi connectivity index (χ4v) is 1.41. The van der Waals surface area contributed by atoms with Gasteiger partial charge < -0.3 is 24.0 Å². The number of benzene rings is 2. The molecule has 2 nitrogen and oxygen atoms in total. The molecule has 0 aliphatic rings. The standard InChI is InChI=1S/C14H13NO.Li/c1-11-6-8-13(9-7-11)15-10-12-4-2-3-5-14(12)16;/h2-10,16H,1H3;/q;-1. The molecular formula is C14H13LiNO-. The summed E-state index contributed by atoms with van der Waals surface area (Å²) in [5.74, 6) is 0.0297. The van der Waals surface area contributed by atoms with Gasteiger partial charge in [-0.1, -0.05) is 41.6 Å². The van der Waals surface area contributed by atoms with E-state index in [4.69, 9.17) is 0 Å². The van der Waals surface area contributed by atoms with Crippen LogP contribution >= 0.6 is 0 Å². The second kappa shape index (κ2) is 6.29. The van der Waals surface area contributed by atoms with Crippen LogP contribution in [-0.4, -0.2) is 25.1 Å². The average molecular weight is 218 g/mol. The summed E-state index contributed by atoms with van der Waals surface area (Å²) < 4.78 is 0. The maximum Gasteiger partial charge on any atom is 0.203 e.